The van der Waals surface area contributed by atoms with Gasteiger partial charge in [-0.1, -0.05) is 6.07 Å². The number of pyridine rings is 1. The normalized spacial score (nSPS) is 18.6. The standard InChI is InChI=1S/C14H15N3O3/c15-12-2-1-5-17(12)9-4-3-8-6-10(14(19)20)13(18)16-11(8)7-9/h3-4,6-7,12H,1-2,5,15H2,(H,16,18)(H,19,20). The molecule has 4 N–H and O–H groups in total. The molecule has 2 heterocycles. The van der Waals surface area contributed by atoms with E-state index >= 15 is 0 Å². The highest BCUT2D eigenvalue weighted by Gasteiger charge is 2.21. The summed E-state index contributed by atoms with van der Waals surface area (Å²) in [5, 5.41) is 9.64. The Morgan fingerprint density at radius 2 is 2.20 bits per heavy atom. The highest BCUT2D eigenvalue weighted by Crippen LogP contribution is 2.25. The number of aromatic amines is 1. The van der Waals surface area contributed by atoms with Gasteiger partial charge in [-0.05, 0) is 36.4 Å². The Morgan fingerprint density at radius 3 is 2.85 bits per heavy atom. The van der Waals surface area contributed by atoms with Gasteiger partial charge in [0.2, 0.25) is 0 Å². The van der Waals surface area contributed by atoms with Crippen LogP contribution in [0.5, 0.6) is 0 Å². The van der Waals surface area contributed by atoms with Gasteiger partial charge in [0.1, 0.15) is 5.56 Å². The molecule has 1 aromatic carbocycles. The van der Waals surface area contributed by atoms with Gasteiger partial charge >= 0.3 is 5.97 Å². The Balaban J connectivity index is 2.10. The summed E-state index contributed by atoms with van der Waals surface area (Å²) in [7, 11) is 0. The van der Waals surface area contributed by atoms with Gasteiger partial charge in [-0.15, -0.1) is 0 Å². The summed E-state index contributed by atoms with van der Waals surface area (Å²) in [6, 6.07) is 6.94. The third kappa shape index (κ3) is 2.04. The molecular weight excluding hydrogens is 258 g/mol. The molecule has 3 rings (SSSR count). The minimum absolute atomic E-state index is 0.00235. The number of H-pyrrole nitrogens is 1. The van der Waals surface area contributed by atoms with Gasteiger partial charge in [0, 0.05) is 12.2 Å². The van der Waals surface area contributed by atoms with E-state index in [1.54, 1.807) is 6.07 Å². The molecular formula is C14H15N3O3. The van der Waals surface area contributed by atoms with E-state index in [-0.39, 0.29) is 11.7 Å². The van der Waals surface area contributed by atoms with Crippen molar-refractivity contribution in [2.24, 2.45) is 5.73 Å². The van der Waals surface area contributed by atoms with E-state index in [0.29, 0.717) is 10.9 Å². The Morgan fingerprint density at radius 1 is 1.40 bits per heavy atom. The number of benzene rings is 1. The van der Waals surface area contributed by atoms with Crippen LogP contribution in [0, 0.1) is 0 Å². The molecule has 6 nitrogen and oxygen atoms in total. The summed E-state index contributed by atoms with van der Waals surface area (Å²) in [5.74, 6) is -1.22. The monoisotopic (exact) mass is 273 g/mol. The third-order valence-electron chi connectivity index (χ3n) is 3.69. The van der Waals surface area contributed by atoms with Crippen LogP contribution in [0.15, 0.2) is 29.1 Å². The van der Waals surface area contributed by atoms with Crippen LogP contribution in [0.4, 0.5) is 5.69 Å². The van der Waals surface area contributed by atoms with Crippen LogP contribution in [-0.2, 0) is 0 Å². The van der Waals surface area contributed by atoms with Gasteiger partial charge in [0.25, 0.3) is 5.56 Å². The fourth-order valence-electron chi connectivity index (χ4n) is 2.64. The molecule has 1 unspecified atom stereocenters. The van der Waals surface area contributed by atoms with E-state index in [4.69, 9.17) is 10.8 Å². The van der Waals surface area contributed by atoms with Crippen molar-refractivity contribution in [3.8, 4) is 0 Å². The lowest BCUT2D eigenvalue weighted by molar-refractivity contribution is 0.0695. The smallest absolute Gasteiger partial charge is 0.341 e. The van der Waals surface area contributed by atoms with E-state index in [1.807, 2.05) is 12.1 Å². The van der Waals surface area contributed by atoms with Crippen molar-refractivity contribution in [2.45, 2.75) is 19.0 Å². The van der Waals surface area contributed by atoms with Crippen molar-refractivity contribution in [2.75, 3.05) is 11.4 Å². The minimum Gasteiger partial charge on any atom is -0.477 e. The second kappa shape index (κ2) is 4.64. The summed E-state index contributed by atoms with van der Waals surface area (Å²) >= 11 is 0. The van der Waals surface area contributed by atoms with Crippen molar-refractivity contribution < 1.29 is 9.90 Å². The zero-order chi connectivity index (χ0) is 14.3. The number of carboxylic acid groups (broad SMARTS) is 1. The van der Waals surface area contributed by atoms with Crippen molar-refractivity contribution in [1.82, 2.24) is 4.98 Å². The molecule has 2 aromatic rings. The van der Waals surface area contributed by atoms with Crippen LogP contribution in [0.1, 0.15) is 23.2 Å². The molecule has 1 fully saturated rings. The van der Waals surface area contributed by atoms with Crippen LogP contribution in [0.25, 0.3) is 10.9 Å². The fraction of sp³-hybridized carbons (Fsp3) is 0.286. The first kappa shape index (κ1) is 12.7. The number of hydrogen-bond donors (Lipinski definition) is 3. The third-order valence-corrected chi connectivity index (χ3v) is 3.69. The zero-order valence-electron chi connectivity index (χ0n) is 10.8. The summed E-state index contributed by atoms with van der Waals surface area (Å²) in [6.45, 7) is 0.893. The Labute approximate surface area is 114 Å². The molecule has 1 aliphatic heterocycles. The number of carbonyl (C=O) groups is 1. The van der Waals surface area contributed by atoms with Gasteiger partial charge < -0.3 is 20.7 Å². The second-order valence-electron chi connectivity index (χ2n) is 4.99. The lowest BCUT2D eigenvalue weighted by Crippen LogP contribution is -2.36. The number of rotatable bonds is 2. The van der Waals surface area contributed by atoms with Crippen molar-refractivity contribution in [3.63, 3.8) is 0 Å². The van der Waals surface area contributed by atoms with Gasteiger partial charge in [-0.25, -0.2) is 4.79 Å². The maximum absolute atomic E-state index is 11.7. The number of hydrogen-bond acceptors (Lipinski definition) is 4. The van der Waals surface area contributed by atoms with E-state index in [2.05, 4.69) is 9.88 Å². The average molecular weight is 273 g/mol. The van der Waals surface area contributed by atoms with Crippen LogP contribution in [0.2, 0.25) is 0 Å². The van der Waals surface area contributed by atoms with Crippen LogP contribution < -0.4 is 16.2 Å². The minimum atomic E-state index is -1.22. The summed E-state index contributed by atoms with van der Waals surface area (Å²) < 4.78 is 0. The Bertz CT molecular complexity index is 738. The lowest BCUT2D eigenvalue weighted by Gasteiger charge is -2.23. The van der Waals surface area contributed by atoms with Gasteiger partial charge in [-0.3, -0.25) is 4.79 Å². The maximum atomic E-state index is 11.7. The van der Waals surface area contributed by atoms with Gasteiger partial charge in [-0.2, -0.15) is 0 Å². The van der Waals surface area contributed by atoms with Crippen LogP contribution in [-0.4, -0.2) is 28.8 Å². The van der Waals surface area contributed by atoms with E-state index in [9.17, 15) is 9.59 Å². The first-order valence-electron chi connectivity index (χ1n) is 6.49. The number of nitrogens with zero attached hydrogens (tertiary/aromatic N) is 1. The van der Waals surface area contributed by atoms with Crippen molar-refractivity contribution in [3.05, 3.63) is 40.2 Å². The highest BCUT2D eigenvalue weighted by atomic mass is 16.4. The quantitative estimate of drug-likeness (QED) is 0.761. The maximum Gasteiger partial charge on any atom is 0.341 e. The molecule has 0 spiro atoms. The molecule has 20 heavy (non-hydrogen) atoms. The number of aromatic nitrogens is 1. The number of nitrogens with two attached hydrogens (primary N) is 1. The molecule has 0 aliphatic carbocycles. The molecule has 0 saturated carbocycles. The van der Waals surface area contributed by atoms with Crippen molar-refractivity contribution >= 4 is 22.6 Å². The molecule has 0 amide bonds. The SMILES string of the molecule is NC1CCCN1c1ccc2cc(C(=O)O)c(=O)[nH]c2c1. The summed E-state index contributed by atoms with van der Waals surface area (Å²) in [5.41, 5.74) is 6.76. The highest BCUT2D eigenvalue weighted by molar-refractivity contribution is 5.93. The van der Waals surface area contributed by atoms with Gasteiger partial charge in [0.15, 0.2) is 0 Å². The number of fused-ring (bicyclic) bond motifs is 1. The molecule has 1 saturated heterocycles. The fourth-order valence-corrected chi connectivity index (χ4v) is 2.64. The summed E-state index contributed by atoms with van der Waals surface area (Å²) in [6.07, 6.45) is 2.00. The molecule has 1 atom stereocenters. The summed E-state index contributed by atoms with van der Waals surface area (Å²) in [4.78, 5) is 27.3. The zero-order valence-corrected chi connectivity index (χ0v) is 10.8. The number of anilines is 1. The van der Waals surface area contributed by atoms with E-state index < -0.39 is 11.5 Å². The second-order valence-corrected chi connectivity index (χ2v) is 4.99. The predicted molar refractivity (Wildman–Crippen MR) is 76.1 cm³/mol. The average Bonchev–Trinajstić information content (AvgIpc) is 2.83. The van der Waals surface area contributed by atoms with Crippen molar-refractivity contribution in [1.29, 1.82) is 0 Å². The van der Waals surface area contributed by atoms with Crippen LogP contribution in [0.3, 0.4) is 0 Å². The predicted octanol–water partition coefficient (Wildman–Crippen LogP) is 1.11. The molecule has 1 aromatic heterocycles. The number of aromatic carboxylic acids is 1. The molecule has 0 radical (unpaired) electrons. The Kier molecular flexibility index (Phi) is 2.94. The Hall–Kier alpha value is -2.34. The topological polar surface area (TPSA) is 99.4 Å². The lowest BCUT2D eigenvalue weighted by atomic mass is 10.1. The van der Waals surface area contributed by atoms with E-state index in [0.717, 1.165) is 25.1 Å². The van der Waals surface area contributed by atoms with Crippen LogP contribution >= 0.6 is 0 Å². The first-order chi connectivity index (χ1) is 9.56. The number of nitrogens with one attached hydrogen (secondary N) is 1. The molecule has 1 aliphatic rings. The molecule has 104 valence electrons. The van der Waals surface area contributed by atoms with E-state index in [1.165, 1.54) is 6.07 Å². The molecule has 0 bridgehead atoms. The van der Waals surface area contributed by atoms with Gasteiger partial charge in [0.05, 0.1) is 11.7 Å². The largest absolute Gasteiger partial charge is 0.477 e. The number of carboxylic acids is 1. The first-order valence-corrected chi connectivity index (χ1v) is 6.49. The molecule has 6 heteroatoms.